The number of non-ortho nitro benzene ring substituents is 1. The topological polar surface area (TPSA) is 140 Å². The van der Waals surface area contributed by atoms with E-state index in [0.29, 0.717) is 23.7 Å². The van der Waals surface area contributed by atoms with Gasteiger partial charge in [-0.3, -0.25) is 19.2 Å². The van der Waals surface area contributed by atoms with E-state index in [4.69, 9.17) is 9.47 Å². The quantitative estimate of drug-likeness (QED) is 0.126. The minimum absolute atomic E-state index is 0.00964. The van der Waals surface area contributed by atoms with Gasteiger partial charge in [-0.05, 0) is 85.6 Å². The summed E-state index contributed by atoms with van der Waals surface area (Å²) in [6, 6.07) is 26.0. The number of nitrogens with zero attached hydrogens (tertiary/aromatic N) is 3. The number of rotatable bonds is 13. The number of benzene rings is 4. The zero-order valence-electron chi connectivity index (χ0n) is 23.5. The van der Waals surface area contributed by atoms with E-state index < -0.39 is 27.4 Å². The first-order valence-corrected chi connectivity index (χ1v) is 14.7. The molecule has 222 valence electrons. The van der Waals surface area contributed by atoms with Crippen LogP contribution in [0.4, 0.5) is 11.4 Å². The van der Waals surface area contributed by atoms with Gasteiger partial charge in [0.2, 0.25) is 0 Å². The Bertz CT molecular complexity index is 1690. The number of hydrogen-bond donors (Lipinski definition) is 1. The summed E-state index contributed by atoms with van der Waals surface area (Å²) in [5.74, 6) is 0.249. The van der Waals surface area contributed by atoms with Gasteiger partial charge in [0.15, 0.2) is 0 Å². The van der Waals surface area contributed by atoms with Crippen molar-refractivity contribution >= 4 is 33.5 Å². The number of para-hydroxylation sites is 2. The summed E-state index contributed by atoms with van der Waals surface area (Å²) in [6.45, 7) is 3.65. The summed E-state index contributed by atoms with van der Waals surface area (Å²) in [6.07, 6.45) is 1.42. The van der Waals surface area contributed by atoms with Crippen molar-refractivity contribution in [3.63, 3.8) is 0 Å². The van der Waals surface area contributed by atoms with Gasteiger partial charge in [-0.25, -0.2) is 13.8 Å². The highest BCUT2D eigenvalue weighted by Crippen LogP contribution is 2.32. The summed E-state index contributed by atoms with van der Waals surface area (Å²) in [5.41, 5.74) is 4.97. The Morgan fingerprint density at radius 1 is 0.953 bits per heavy atom. The number of carbonyl (C=O) groups is 1. The van der Waals surface area contributed by atoms with E-state index in [2.05, 4.69) is 10.5 Å². The zero-order valence-corrected chi connectivity index (χ0v) is 24.4. The Balaban J connectivity index is 1.42. The highest BCUT2D eigenvalue weighted by molar-refractivity contribution is 7.92. The summed E-state index contributed by atoms with van der Waals surface area (Å²) in [4.78, 5) is 23.3. The Morgan fingerprint density at radius 3 is 2.28 bits per heavy atom. The number of hydrogen-bond acceptors (Lipinski definition) is 8. The molecule has 0 saturated heterocycles. The molecule has 0 aliphatic rings. The lowest BCUT2D eigenvalue weighted by molar-refractivity contribution is -0.384. The van der Waals surface area contributed by atoms with Crippen molar-refractivity contribution in [2.24, 2.45) is 5.10 Å². The fourth-order valence-corrected chi connectivity index (χ4v) is 5.38. The number of nitrogens with one attached hydrogen (secondary N) is 1. The Kier molecular flexibility index (Phi) is 10.1. The second-order valence-corrected chi connectivity index (χ2v) is 11.2. The third-order valence-corrected chi connectivity index (χ3v) is 7.94. The average Bonchev–Trinajstić information content (AvgIpc) is 3.00. The maximum Gasteiger partial charge on any atom is 0.269 e. The molecule has 11 nitrogen and oxygen atoms in total. The molecular formula is C31H30N4O7S. The summed E-state index contributed by atoms with van der Waals surface area (Å²) in [5, 5.41) is 14.8. The summed E-state index contributed by atoms with van der Waals surface area (Å²) < 4.78 is 39.7. The number of anilines is 1. The maximum atomic E-state index is 13.7. The van der Waals surface area contributed by atoms with Crippen molar-refractivity contribution in [2.75, 3.05) is 17.5 Å². The summed E-state index contributed by atoms with van der Waals surface area (Å²) in [7, 11) is -4.12. The highest BCUT2D eigenvalue weighted by Gasteiger charge is 2.29. The van der Waals surface area contributed by atoms with Crippen molar-refractivity contribution in [3.8, 4) is 11.5 Å². The third-order valence-electron chi connectivity index (χ3n) is 6.17. The average molecular weight is 603 g/mol. The first-order valence-electron chi connectivity index (χ1n) is 13.3. The van der Waals surface area contributed by atoms with E-state index in [9.17, 15) is 23.3 Å². The van der Waals surface area contributed by atoms with Crippen LogP contribution in [0.5, 0.6) is 11.5 Å². The van der Waals surface area contributed by atoms with Gasteiger partial charge in [-0.15, -0.1) is 0 Å². The highest BCUT2D eigenvalue weighted by atomic mass is 32.2. The molecule has 43 heavy (non-hydrogen) atoms. The fourth-order valence-electron chi connectivity index (χ4n) is 3.95. The van der Waals surface area contributed by atoms with Crippen LogP contribution in [-0.2, 0) is 21.4 Å². The molecule has 0 aromatic heterocycles. The maximum absolute atomic E-state index is 13.7. The van der Waals surface area contributed by atoms with Crippen LogP contribution in [0.1, 0.15) is 23.6 Å². The van der Waals surface area contributed by atoms with Crippen molar-refractivity contribution < 1.29 is 27.6 Å². The molecule has 0 atom stereocenters. The minimum Gasteiger partial charge on any atom is -0.492 e. The zero-order chi connectivity index (χ0) is 30.8. The molecule has 4 rings (SSSR count). The van der Waals surface area contributed by atoms with Gasteiger partial charge in [0.25, 0.3) is 21.6 Å². The second-order valence-electron chi connectivity index (χ2n) is 9.30. The van der Waals surface area contributed by atoms with Gasteiger partial charge in [-0.1, -0.05) is 29.8 Å². The molecule has 1 amide bonds. The number of nitro groups is 1. The van der Waals surface area contributed by atoms with Crippen LogP contribution in [0.2, 0.25) is 0 Å². The molecule has 0 radical (unpaired) electrons. The molecule has 1 N–H and O–H groups in total. The van der Waals surface area contributed by atoms with Crippen molar-refractivity contribution in [1.29, 1.82) is 0 Å². The van der Waals surface area contributed by atoms with Gasteiger partial charge in [0, 0.05) is 12.1 Å². The third kappa shape index (κ3) is 8.17. The number of nitro benzene ring substituents is 1. The Morgan fingerprint density at radius 2 is 1.63 bits per heavy atom. The number of sulfonamides is 1. The van der Waals surface area contributed by atoms with Crippen LogP contribution in [0, 0.1) is 17.0 Å². The van der Waals surface area contributed by atoms with Gasteiger partial charge >= 0.3 is 0 Å². The molecule has 0 aliphatic heterocycles. The number of hydrazone groups is 1. The normalized spacial score (nSPS) is 11.2. The van der Waals surface area contributed by atoms with Crippen molar-refractivity contribution in [3.05, 3.63) is 124 Å². The lowest BCUT2D eigenvalue weighted by Crippen LogP contribution is -2.39. The Hall–Kier alpha value is -5.23. The number of carbonyl (C=O) groups excluding carboxylic acids is 1. The molecule has 0 heterocycles. The fraction of sp³-hybridized carbons (Fsp3) is 0.161. The molecule has 12 heteroatoms. The van der Waals surface area contributed by atoms with Crippen molar-refractivity contribution in [2.45, 2.75) is 25.3 Å². The standard InChI is InChI=1S/C31H30N4O7S/c1-3-41-30-7-5-4-6-29(30)34(43(39,40)28-18-8-23(2)9-19-28)21-31(36)33-32-20-24-12-16-27(17-13-24)42-22-25-10-14-26(15-11-25)35(37)38/h4-20H,3,21-22H2,1-2H3,(H,33,36)/b32-20-. The SMILES string of the molecule is CCOc1ccccc1N(CC(=O)N/N=C\c1ccc(OCc2ccc([N+](=O)[O-])cc2)cc1)S(=O)(=O)c1ccc(C)cc1. The first-order chi connectivity index (χ1) is 20.7. The molecule has 4 aromatic rings. The van der Waals surface area contributed by atoms with Crippen LogP contribution >= 0.6 is 0 Å². The van der Waals surface area contributed by atoms with E-state index in [-0.39, 0.29) is 22.9 Å². The van der Waals surface area contributed by atoms with Gasteiger partial charge in [0.05, 0.1) is 28.3 Å². The number of aryl methyl sites for hydroxylation is 1. The predicted molar refractivity (Wildman–Crippen MR) is 163 cm³/mol. The van der Waals surface area contributed by atoms with E-state index >= 15 is 0 Å². The van der Waals surface area contributed by atoms with Crippen LogP contribution in [0.25, 0.3) is 0 Å². The van der Waals surface area contributed by atoms with Gasteiger partial charge in [-0.2, -0.15) is 5.10 Å². The minimum atomic E-state index is -4.12. The van der Waals surface area contributed by atoms with Crippen LogP contribution in [0.3, 0.4) is 0 Å². The number of ether oxygens (including phenoxy) is 2. The largest absolute Gasteiger partial charge is 0.492 e. The smallest absolute Gasteiger partial charge is 0.269 e. The van der Waals surface area contributed by atoms with Gasteiger partial charge in [0.1, 0.15) is 24.7 Å². The van der Waals surface area contributed by atoms with Crippen molar-refractivity contribution in [1.82, 2.24) is 5.43 Å². The monoisotopic (exact) mass is 602 g/mol. The molecule has 4 aromatic carbocycles. The van der Waals surface area contributed by atoms with Gasteiger partial charge < -0.3 is 9.47 Å². The number of amides is 1. The van der Waals surface area contributed by atoms with E-state index in [1.165, 1.54) is 30.5 Å². The molecule has 0 spiro atoms. The van der Waals surface area contributed by atoms with Crippen LogP contribution in [0.15, 0.2) is 107 Å². The molecule has 0 bridgehead atoms. The lowest BCUT2D eigenvalue weighted by atomic mass is 10.2. The molecule has 0 aliphatic carbocycles. The molecular weight excluding hydrogens is 572 g/mol. The summed E-state index contributed by atoms with van der Waals surface area (Å²) >= 11 is 0. The lowest BCUT2D eigenvalue weighted by Gasteiger charge is -2.25. The molecule has 0 saturated carbocycles. The van der Waals surface area contributed by atoms with E-state index in [1.54, 1.807) is 79.7 Å². The predicted octanol–water partition coefficient (Wildman–Crippen LogP) is 5.23. The Labute approximate surface area is 249 Å². The van der Waals surface area contributed by atoms with Crippen LogP contribution in [-0.4, -0.2) is 38.6 Å². The van der Waals surface area contributed by atoms with E-state index in [1.807, 2.05) is 6.92 Å². The van der Waals surface area contributed by atoms with E-state index in [0.717, 1.165) is 15.4 Å². The first kappa shape index (κ1) is 30.7. The molecule has 0 unspecified atom stereocenters. The second kappa shape index (κ2) is 14.1. The molecule has 0 fully saturated rings. The van der Waals surface area contributed by atoms with Crippen LogP contribution < -0.4 is 19.2 Å².